The van der Waals surface area contributed by atoms with Gasteiger partial charge in [0.15, 0.2) is 0 Å². The van der Waals surface area contributed by atoms with Gasteiger partial charge in [0.1, 0.15) is 0 Å². The van der Waals surface area contributed by atoms with Gasteiger partial charge in [-0.1, -0.05) is 23.8 Å². The summed E-state index contributed by atoms with van der Waals surface area (Å²) in [7, 11) is 0. The second-order valence-corrected chi connectivity index (χ2v) is 3.65. The molecule has 0 aromatic rings. The molecule has 0 spiro atoms. The van der Waals surface area contributed by atoms with Gasteiger partial charge in [0.25, 0.3) is 0 Å². The van der Waals surface area contributed by atoms with Crippen molar-refractivity contribution in [1.29, 1.82) is 0 Å². The molecule has 0 aliphatic heterocycles. The van der Waals surface area contributed by atoms with Crippen LogP contribution in [0.1, 0.15) is 32.6 Å². The Morgan fingerprint density at radius 3 is 2.00 bits per heavy atom. The zero-order valence-corrected chi connectivity index (χ0v) is 9.93. The monoisotopic (exact) mass is 238 g/mol. The minimum Gasteiger partial charge on any atom is -0.478 e. The Morgan fingerprint density at radius 1 is 0.941 bits per heavy atom. The topological polar surface area (TPSA) is 74.6 Å². The molecule has 0 bridgehead atoms. The van der Waals surface area contributed by atoms with Crippen molar-refractivity contribution >= 4 is 11.9 Å². The predicted molar refractivity (Wildman–Crippen MR) is 65.8 cm³/mol. The van der Waals surface area contributed by atoms with Gasteiger partial charge in [-0.25, -0.2) is 9.59 Å². The summed E-state index contributed by atoms with van der Waals surface area (Å²) in [6.07, 6.45) is 10.6. The fraction of sp³-hybridized carbons (Fsp3) is 0.385. The summed E-state index contributed by atoms with van der Waals surface area (Å²) in [5.74, 6) is -1.85. The van der Waals surface area contributed by atoms with Crippen molar-refractivity contribution in [2.75, 3.05) is 0 Å². The van der Waals surface area contributed by atoms with Gasteiger partial charge in [0.05, 0.1) is 0 Å². The van der Waals surface area contributed by atoms with Crippen LogP contribution in [0.3, 0.4) is 0 Å². The van der Waals surface area contributed by atoms with Crippen molar-refractivity contribution in [2.45, 2.75) is 32.6 Å². The van der Waals surface area contributed by atoms with Gasteiger partial charge in [-0.05, 0) is 32.6 Å². The number of hydrogen-bond donors (Lipinski definition) is 2. The van der Waals surface area contributed by atoms with E-state index in [4.69, 9.17) is 10.2 Å². The summed E-state index contributed by atoms with van der Waals surface area (Å²) in [6, 6.07) is 0. The van der Waals surface area contributed by atoms with E-state index in [1.54, 1.807) is 12.2 Å². The third kappa shape index (κ3) is 12.1. The first kappa shape index (κ1) is 15.2. The Hall–Kier alpha value is -1.84. The Balaban J connectivity index is 3.72. The lowest BCUT2D eigenvalue weighted by atomic mass is 10.1. The van der Waals surface area contributed by atoms with Crippen molar-refractivity contribution in [3.05, 3.63) is 36.0 Å². The molecule has 2 N–H and O–H groups in total. The molecule has 0 aromatic heterocycles. The second kappa shape index (κ2) is 9.39. The minimum absolute atomic E-state index is 0.703. The highest BCUT2D eigenvalue weighted by atomic mass is 16.4. The lowest BCUT2D eigenvalue weighted by Gasteiger charge is -1.97. The van der Waals surface area contributed by atoms with Gasteiger partial charge < -0.3 is 10.2 Å². The number of carbonyl (C=O) groups is 2. The molecule has 0 amide bonds. The van der Waals surface area contributed by atoms with E-state index in [0.29, 0.717) is 12.8 Å². The number of aliphatic carboxylic acids is 2. The van der Waals surface area contributed by atoms with Crippen LogP contribution in [0.15, 0.2) is 36.0 Å². The maximum absolute atomic E-state index is 10.2. The SMILES string of the molecule is CC(=CCCC=CC(=O)O)CCC=CC(=O)O. The van der Waals surface area contributed by atoms with Gasteiger partial charge in [-0.15, -0.1) is 0 Å². The summed E-state index contributed by atoms with van der Waals surface area (Å²) in [6.45, 7) is 1.98. The fourth-order valence-electron chi connectivity index (χ4n) is 1.21. The lowest BCUT2D eigenvalue weighted by Crippen LogP contribution is -1.86. The average molecular weight is 238 g/mol. The van der Waals surface area contributed by atoms with Crippen LogP contribution in [0, 0.1) is 0 Å². The van der Waals surface area contributed by atoms with Crippen LogP contribution in [-0.2, 0) is 9.59 Å². The van der Waals surface area contributed by atoms with E-state index < -0.39 is 11.9 Å². The molecule has 0 radical (unpaired) electrons. The maximum atomic E-state index is 10.2. The molecule has 0 saturated carbocycles. The van der Waals surface area contributed by atoms with E-state index >= 15 is 0 Å². The molecule has 94 valence electrons. The zero-order valence-electron chi connectivity index (χ0n) is 9.93. The highest BCUT2D eigenvalue weighted by Gasteiger charge is 1.90. The minimum atomic E-state index is -0.926. The fourth-order valence-corrected chi connectivity index (χ4v) is 1.21. The molecular formula is C13H18O4. The summed E-state index contributed by atoms with van der Waals surface area (Å²) in [5, 5.41) is 16.7. The van der Waals surface area contributed by atoms with E-state index in [9.17, 15) is 9.59 Å². The highest BCUT2D eigenvalue weighted by molar-refractivity contribution is 5.79. The molecule has 0 saturated heterocycles. The van der Waals surface area contributed by atoms with Gasteiger partial charge >= 0.3 is 11.9 Å². The first-order chi connectivity index (χ1) is 8.02. The first-order valence-electron chi connectivity index (χ1n) is 5.47. The molecule has 0 aromatic carbocycles. The Bertz CT molecular complexity index is 337. The van der Waals surface area contributed by atoms with Gasteiger partial charge in [-0.3, -0.25) is 0 Å². The van der Waals surface area contributed by atoms with Gasteiger partial charge in [0.2, 0.25) is 0 Å². The Labute approximate surface area is 101 Å². The van der Waals surface area contributed by atoms with Crippen LogP contribution >= 0.6 is 0 Å². The van der Waals surface area contributed by atoms with E-state index in [1.807, 2.05) is 13.0 Å². The average Bonchev–Trinajstić information content (AvgIpc) is 2.23. The number of carboxylic acids is 2. The van der Waals surface area contributed by atoms with Crippen molar-refractivity contribution in [3.63, 3.8) is 0 Å². The van der Waals surface area contributed by atoms with Crippen LogP contribution in [0.5, 0.6) is 0 Å². The van der Waals surface area contributed by atoms with Crippen molar-refractivity contribution in [2.24, 2.45) is 0 Å². The van der Waals surface area contributed by atoms with Crippen molar-refractivity contribution < 1.29 is 19.8 Å². The van der Waals surface area contributed by atoms with Crippen LogP contribution < -0.4 is 0 Å². The molecule has 4 heteroatoms. The number of unbranched alkanes of at least 4 members (excludes halogenated alkanes) is 1. The van der Waals surface area contributed by atoms with Crippen LogP contribution in [0.4, 0.5) is 0 Å². The van der Waals surface area contributed by atoms with E-state index in [0.717, 1.165) is 25.0 Å². The smallest absolute Gasteiger partial charge is 0.327 e. The lowest BCUT2D eigenvalue weighted by molar-refractivity contribution is -0.132. The maximum Gasteiger partial charge on any atom is 0.327 e. The predicted octanol–water partition coefficient (Wildman–Crippen LogP) is 2.77. The molecule has 0 atom stereocenters. The molecule has 0 fully saturated rings. The molecule has 4 nitrogen and oxygen atoms in total. The molecule has 0 heterocycles. The van der Waals surface area contributed by atoms with Crippen LogP contribution in [0.2, 0.25) is 0 Å². The van der Waals surface area contributed by atoms with E-state index in [-0.39, 0.29) is 0 Å². The summed E-state index contributed by atoms with van der Waals surface area (Å²) < 4.78 is 0. The number of rotatable bonds is 8. The standard InChI is InChI=1S/C13H18O4/c1-11(8-5-6-10-13(16)17)7-3-2-4-9-12(14)15/h4,6-7,9-10H,2-3,5,8H2,1H3,(H,14,15)(H,16,17). The summed E-state index contributed by atoms with van der Waals surface area (Å²) in [5.41, 5.74) is 1.18. The molecule has 17 heavy (non-hydrogen) atoms. The number of carboxylic acid groups (broad SMARTS) is 2. The third-order valence-corrected chi connectivity index (χ3v) is 2.05. The van der Waals surface area contributed by atoms with Crippen molar-refractivity contribution in [3.8, 4) is 0 Å². The third-order valence-electron chi connectivity index (χ3n) is 2.05. The largest absolute Gasteiger partial charge is 0.478 e. The van der Waals surface area contributed by atoms with E-state index in [2.05, 4.69) is 0 Å². The molecule has 0 aliphatic carbocycles. The van der Waals surface area contributed by atoms with Crippen molar-refractivity contribution in [1.82, 2.24) is 0 Å². The molecule has 0 aliphatic rings. The first-order valence-corrected chi connectivity index (χ1v) is 5.47. The van der Waals surface area contributed by atoms with E-state index in [1.165, 1.54) is 5.57 Å². The Kier molecular flexibility index (Phi) is 8.37. The van der Waals surface area contributed by atoms with Gasteiger partial charge in [0, 0.05) is 12.2 Å². The highest BCUT2D eigenvalue weighted by Crippen LogP contribution is 2.07. The molecule has 0 rings (SSSR count). The van der Waals surface area contributed by atoms with Crippen LogP contribution in [0.25, 0.3) is 0 Å². The molecular weight excluding hydrogens is 220 g/mol. The molecule has 0 unspecified atom stereocenters. The Morgan fingerprint density at radius 2 is 1.47 bits per heavy atom. The normalized spacial score (nSPS) is 12.4. The summed E-state index contributed by atoms with van der Waals surface area (Å²) in [4.78, 5) is 20.4. The number of hydrogen-bond acceptors (Lipinski definition) is 2. The second-order valence-electron chi connectivity index (χ2n) is 3.65. The zero-order chi connectivity index (χ0) is 13.1. The summed E-state index contributed by atoms with van der Waals surface area (Å²) >= 11 is 0. The van der Waals surface area contributed by atoms with Crippen LogP contribution in [-0.4, -0.2) is 22.2 Å². The van der Waals surface area contributed by atoms with Gasteiger partial charge in [-0.2, -0.15) is 0 Å². The quantitative estimate of drug-likeness (QED) is 0.387. The number of allylic oxidation sites excluding steroid dienone is 4.